The van der Waals surface area contributed by atoms with Gasteiger partial charge in [0.1, 0.15) is 12.2 Å². The molecule has 10 heteroatoms. The van der Waals surface area contributed by atoms with Crippen molar-refractivity contribution in [3.05, 3.63) is 69.7 Å². The van der Waals surface area contributed by atoms with Gasteiger partial charge in [-0.2, -0.15) is 0 Å². The van der Waals surface area contributed by atoms with E-state index in [2.05, 4.69) is 0 Å². The fourth-order valence-corrected chi connectivity index (χ4v) is 8.03. The number of carboxylic acids is 1. The van der Waals surface area contributed by atoms with Crippen molar-refractivity contribution in [3.8, 4) is 0 Å². The molecule has 2 aromatic rings. The fourth-order valence-electron chi connectivity index (χ4n) is 5.45. The lowest BCUT2D eigenvalue weighted by Gasteiger charge is -2.48. The van der Waals surface area contributed by atoms with Crippen LogP contribution in [0.4, 0.5) is 0 Å². The Labute approximate surface area is 227 Å². The average Bonchev–Trinajstić information content (AvgIpc) is 3.40. The normalized spacial score (nSPS) is 23.8. The summed E-state index contributed by atoms with van der Waals surface area (Å²) in [4.78, 5) is 27.1. The number of aliphatic carboxylic acids is 1. The van der Waals surface area contributed by atoms with Crippen LogP contribution in [0.15, 0.2) is 48.5 Å². The molecule has 0 radical (unpaired) electrons. The minimum atomic E-state index is -3.48. The molecular formula is C27H31Cl2NO6S. The summed E-state index contributed by atoms with van der Waals surface area (Å²) in [7, 11) is -3.48. The number of carboxylic acid groups (broad SMARTS) is 1. The lowest BCUT2D eigenvalue weighted by molar-refractivity contribution is -0.182. The van der Waals surface area contributed by atoms with E-state index < -0.39 is 57.7 Å². The predicted molar refractivity (Wildman–Crippen MR) is 142 cm³/mol. The number of carbonyl (C=O) groups is 2. The van der Waals surface area contributed by atoms with E-state index in [1.807, 2.05) is 13.0 Å². The summed E-state index contributed by atoms with van der Waals surface area (Å²) in [5, 5.41) is 10.1. The second kappa shape index (κ2) is 11.7. The van der Waals surface area contributed by atoms with Gasteiger partial charge in [0.2, 0.25) is 0 Å². The molecule has 0 spiro atoms. The molecule has 2 aromatic carbocycles. The second-order valence-corrected chi connectivity index (χ2v) is 12.9. The second-order valence-electron chi connectivity index (χ2n) is 9.74. The first-order chi connectivity index (χ1) is 17.6. The van der Waals surface area contributed by atoms with E-state index >= 15 is 0 Å². The lowest BCUT2D eigenvalue weighted by Crippen LogP contribution is -2.56. The third kappa shape index (κ3) is 6.30. The number of hydrogen-bond donors (Lipinski definition) is 1. The summed E-state index contributed by atoms with van der Waals surface area (Å²) in [6, 6.07) is 12.6. The number of rotatable bonds is 9. The smallest absolute Gasteiger partial charge is 0.306 e. The molecule has 2 aliphatic rings. The van der Waals surface area contributed by atoms with Crippen molar-refractivity contribution in [2.75, 3.05) is 5.75 Å². The number of nitrogens with zero attached hydrogens (tertiary/aromatic N) is 1. The Bertz CT molecular complexity index is 1230. The van der Waals surface area contributed by atoms with Crippen LogP contribution >= 0.6 is 23.2 Å². The predicted octanol–water partition coefficient (Wildman–Crippen LogP) is 5.61. The topological polar surface area (TPSA) is 101 Å². The Morgan fingerprint density at radius 3 is 2.35 bits per heavy atom. The molecular weight excluding hydrogens is 537 g/mol. The summed E-state index contributed by atoms with van der Waals surface area (Å²) < 4.78 is 33.0. The van der Waals surface area contributed by atoms with E-state index in [0.717, 1.165) is 12.8 Å². The first-order valence-corrected chi connectivity index (χ1v) is 15.0. The van der Waals surface area contributed by atoms with E-state index in [4.69, 9.17) is 27.9 Å². The molecule has 1 aliphatic carbocycles. The Kier molecular flexibility index (Phi) is 8.84. The third-order valence-electron chi connectivity index (χ3n) is 7.28. The minimum Gasteiger partial charge on any atom is -0.481 e. The van der Waals surface area contributed by atoms with Gasteiger partial charge >= 0.3 is 5.97 Å². The zero-order valence-corrected chi connectivity index (χ0v) is 22.9. The molecule has 1 aliphatic heterocycles. The molecule has 2 fully saturated rings. The summed E-state index contributed by atoms with van der Waals surface area (Å²) in [5.74, 6) is -1.90. The zero-order chi connectivity index (χ0) is 26.7. The Morgan fingerprint density at radius 1 is 1.08 bits per heavy atom. The van der Waals surface area contributed by atoms with Crippen LogP contribution in [0, 0.1) is 0 Å². The number of benzene rings is 2. The van der Waals surface area contributed by atoms with Gasteiger partial charge in [-0.05, 0) is 54.7 Å². The monoisotopic (exact) mass is 567 g/mol. The molecule has 0 bridgehead atoms. The summed E-state index contributed by atoms with van der Waals surface area (Å²) >= 11 is 12.4. The quantitative estimate of drug-likeness (QED) is 0.422. The van der Waals surface area contributed by atoms with E-state index in [0.29, 0.717) is 40.4 Å². The van der Waals surface area contributed by atoms with Crippen molar-refractivity contribution >= 4 is 44.9 Å². The van der Waals surface area contributed by atoms with Gasteiger partial charge in [0.25, 0.3) is 5.91 Å². The Morgan fingerprint density at radius 2 is 1.76 bits per heavy atom. The maximum absolute atomic E-state index is 13.9. The first kappa shape index (κ1) is 27.9. The van der Waals surface area contributed by atoms with Crippen molar-refractivity contribution in [1.29, 1.82) is 0 Å². The highest BCUT2D eigenvalue weighted by molar-refractivity contribution is 7.92. The minimum absolute atomic E-state index is 0.188. The van der Waals surface area contributed by atoms with Crippen LogP contribution in [-0.2, 0) is 24.2 Å². The van der Waals surface area contributed by atoms with Crippen LogP contribution in [0.1, 0.15) is 68.7 Å². The van der Waals surface area contributed by atoms with Gasteiger partial charge < -0.3 is 14.7 Å². The molecule has 4 atom stereocenters. The molecule has 37 heavy (non-hydrogen) atoms. The maximum atomic E-state index is 13.9. The van der Waals surface area contributed by atoms with Crippen molar-refractivity contribution in [3.63, 3.8) is 0 Å². The van der Waals surface area contributed by atoms with Gasteiger partial charge in [-0.3, -0.25) is 9.59 Å². The zero-order valence-electron chi connectivity index (χ0n) is 20.6. The highest BCUT2D eigenvalue weighted by Crippen LogP contribution is 2.45. The lowest BCUT2D eigenvalue weighted by atomic mass is 9.89. The highest BCUT2D eigenvalue weighted by atomic mass is 35.5. The van der Waals surface area contributed by atoms with Crippen molar-refractivity contribution < 1.29 is 27.9 Å². The number of sulfone groups is 1. The number of halogens is 2. The number of morpholine rings is 1. The van der Waals surface area contributed by atoms with Crippen LogP contribution in [0.2, 0.25) is 10.0 Å². The Hall–Kier alpha value is -2.13. The molecule has 1 saturated carbocycles. The van der Waals surface area contributed by atoms with Crippen LogP contribution in [0.25, 0.3) is 0 Å². The van der Waals surface area contributed by atoms with Gasteiger partial charge in [0.15, 0.2) is 9.84 Å². The van der Waals surface area contributed by atoms with Crippen LogP contribution in [-0.4, -0.2) is 53.4 Å². The molecule has 0 aromatic heterocycles. The molecule has 0 unspecified atom stereocenters. The summed E-state index contributed by atoms with van der Waals surface area (Å²) in [6.45, 7) is 1.84. The van der Waals surface area contributed by atoms with Crippen molar-refractivity contribution in [1.82, 2.24) is 4.90 Å². The first-order valence-electron chi connectivity index (χ1n) is 12.5. The van der Waals surface area contributed by atoms with E-state index in [1.54, 1.807) is 47.4 Å². The van der Waals surface area contributed by atoms with Gasteiger partial charge in [-0.25, -0.2) is 8.42 Å². The molecule has 1 heterocycles. The maximum Gasteiger partial charge on any atom is 0.306 e. The number of amides is 1. The van der Waals surface area contributed by atoms with Crippen molar-refractivity contribution in [2.24, 2.45) is 0 Å². The molecule has 1 N–H and O–H groups in total. The Balaban J connectivity index is 1.83. The third-order valence-corrected chi connectivity index (χ3v) is 10.1. The number of hydrogen-bond acceptors (Lipinski definition) is 5. The van der Waals surface area contributed by atoms with Gasteiger partial charge in [0, 0.05) is 16.1 Å². The van der Waals surface area contributed by atoms with E-state index in [1.165, 1.54) is 0 Å². The molecule has 7 nitrogen and oxygen atoms in total. The number of carbonyl (C=O) groups excluding carboxylic acids is 1. The van der Waals surface area contributed by atoms with Gasteiger partial charge in [0.05, 0.1) is 23.5 Å². The largest absolute Gasteiger partial charge is 0.481 e. The molecule has 1 saturated heterocycles. The van der Waals surface area contributed by atoms with E-state index in [9.17, 15) is 23.1 Å². The van der Waals surface area contributed by atoms with Crippen LogP contribution < -0.4 is 0 Å². The summed E-state index contributed by atoms with van der Waals surface area (Å²) in [6.07, 6.45) is 0.810. The van der Waals surface area contributed by atoms with Crippen LogP contribution in [0.5, 0.6) is 0 Å². The number of ether oxygens (including phenoxy) is 1. The van der Waals surface area contributed by atoms with E-state index in [-0.39, 0.29) is 5.75 Å². The molecule has 4 rings (SSSR count). The SMILES string of the molecule is CC[C@@H](CS(=O)(=O)C1CCCC1)N1C(=O)[C@H](CC(=O)O)O[C@H](c2cccc(Cl)c2)[C@H]1c1ccc(Cl)cc1. The average molecular weight is 569 g/mol. The van der Waals surface area contributed by atoms with Gasteiger partial charge in [-0.1, -0.05) is 67.2 Å². The van der Waals surface area contributed by atoms with Gasteiger partial charge in [-0.15, -0.1) is 0 Å². The summed E-state index contributed by atoms with van der Waals surface area (Å²) in [5.41, 5.74) is 1.36. The highest BCUT2D eigenvalue weighted by Gasteiger charge is 2.48. The van der Waals surface area contributed by atoms with Crippen LogP contribution in [0.3, 0.4) is 0 Å². The molecule has 200 valence electrons. The fraction of sp³-hybridized carbons (Fsp3) is 0.481. The standard InChI is InChI=1S/C27H31Cl2NO6S/c1-2-21(16-37(34,35)22-8-3-4-9-22)30-25(17-10-12-19(28)13-11-17)26(18-6-5-7-20(29)14-18)36-23(27(30)33)15-24(31)32/h5-7,10-14,21-23,25-26H,2-4,8-9,15-16H2,1H3,(H,31,32)/t21-,23-,25+,26+/m0/s1. The van der Waals surface area contributed by atoms with Crippen molar-refractivity contribution in [2.45, 2.75) is 75.0 Å². The molecule has 1 amide bonds.